The number of aliphatic carboxylic acids is 1. The van der Waals surface area contributed by atoms with Crippen molar-refractivity contribution in [2.75, 3.05) is 39.6 Å². The molecule has 1 heterocycles. The largest absolute Gasteiger partial charge is 0.493 e. The van der Waals surface area contributed by atoms with Gasteiger partial charge in [-0.2, -0.15) is 0 Å². The minimum Gasteiger partial charge on any atom is -0.493 e. The van der Waals surface area contributed by atoms with Crippen molar-refractivity contribution in [1.82, 2.24) is 4.90 Å². The Morgan fingerprint density at radius 3 is 2.38 bits per heavy atom. The molecule has 1 N–H and O–H groups in total. The van der Waals surface area contributed by atoms with Crippen LogP contribution in [0.15, 0.2) is 42.0 Å². The summed E-state index contributed by atoms with van der Waals surface area (Å²) < 4.78 is 88.4. The van der Waals surface area contributed by atoms with Gasteiger partial charge in [0.1, 0.15) is 42.9 Å². The number of hydrogen-bond donors (Lipinski definition) is 1. The molecule has 230 valence electrons. The number of alkyl halides is 3. The fraction of sp³-hybridized carbons (Fsp3) is 0.516. The van der Waals surface area contributed by atoms with E-state index < -0.39 is 55.1 Å². The van der Waals surface area contributed by atoms with Gasteiger partial charge in [-0.3, -0.25) is 4.90 Å². The van der Waals surface area contributed by atoms with E-state index in [1.54, 1.807) is 0 Å². The zero-order chi connectivity index (χ0) is 30.7. The molecule has 0 spiro atoms. The van der Waals surface area contributed by atoms with Crippen molar-refractivity contribution >= 4 is 11.5 Å². The molecule has 0 bridgehead atoms. The van der Waals surface area contributed by atoms with E-state index in [-0.39, 0.29) is 43.5 Å². The Hall–Kier alpha value is -3.02. The van der Waals surface area contributed by atoms with Crippen molar-refractivity contribution in [2.45, 2.75) is 63.7 Å². The van der Waals surface area contributed by atoms with Crippen LogP contribution >= 0.6 is 0 Å². The number of rotatable bonds is 14. The maximum absolute atomic E-state index is 15.7. The second-order valence-electron chi connectivity index (χ2n) is 11.5. The number of ether oxygens (including phenoxy) is 3. The highest BCUT2D eigenvalue weighted by Gasteiger charge is 2.43. The molecule has 2 aromatic carbocycles. The highest BCUT2D eigenvalue weighted by molar-refractivity contribution is 5.79. The van der Waals surface area contributed by atoms with E-state index in [9.17, 15) is 18.0 Å². The van der Waals surface area contributed by atoms with Crippen LogP contribution in [0.4, 0.5) is 22.0 Å². The van der Waals surface area contributed by atoms with Crippen LogP contribution in [0.2, 0.25) is 0 Å². The Kier molecular flexibility index (Phi) is 9.95. The molecule has 6 nitrogen and oxygen atoms in total. The summed E-state index contributed by atoms with van der Waals surface area (Å²) in [4.78, 5) is 12.2. The van der Waals surface area contributed by atoms with Gasteiger partial charge in [-0.05, 0) is 55.9 Å². The predicted molar refractivity (Wildman–Crippen MR) is 146 cm³/mol. The third-order valence-corrected chi connectivity index (χ3v) is 7.28. The highest BCUT2D eigenvalue weighted by atomic mass is 19.3. The molecular formula is C31H36F5NO5. The van der Waals surface area contributed by atoms with Gasteiger partial charge in [0.2, 0.25) is 0 Å². The first-order chi connectivity index (χ1) is 19.8. The van der Waals surface area contributed by atoms with Gasteiger partial charge in [-0.25, -0.2) is 26.7 Å². The topological polar surface area (TPSA) is 68.2 Å². The molecule has 2 aliphatic rings. The van der Waals surface area contributed by atoms with E-state index in [0.717, 1.165) is 34.4 Å². The maximum atomic E-state index is 15.7. The fourth-order valence-electron chi connectivity index (χ4n) is 5.65. The van der Waals surface area contributed by atoms with E-state index in [1.807, 2.05) is 36.1 Å². The average molecular weight is 598 g/mol. The number of carboxylic acids is 1. The van der Waals surface area contributed by atoms with Gasteiger partial charge in [0, 0.05) is 36.7 Å². The van der Waals surface area contributed by atoms with E-state index in [0.29, 0.717) is 12.8 Å². The van der Waals surface area contributed by atoms with Crippen molar-refractivity contribution in [3.05, 3.63) is 70.3 Å². The number of hydrogen-bond acceptors (Lipinski definition) is 5. The molecule has 0 saturated heterocycles. The standard InChI is InChI=1S/C31H36F5NO5/c1-19-11-23-22-8-5-4-7-20(22)12-24(23)29(37(19)16-30(2,3)34)28-25(32)13-21(14-26(28)33)42-10-6-9-40-17-31(35,36)18-41-15-27(38)39/h4-5,7-8,13-14,19,29H,6,9-12,15-18H2,1-3H3,(H,38,39)/t19-,29+/m1/s1. The molecule has 42 heavy (non-hydrogen) atoms. The van der Waals surface area contributed by atoms with E-state index >= 15 is 8.78 Å². The molecule has 2 aromatic rings. The molecule has 1 aliphatic carbocycles. The van der Waals surface area contributed by atoms with Gasteiger partial charge in [0.15, 0.2) is 0 Å². The lowest BCUT2D eigenvalue weighted by Gasteiger charge is -2.44. The van der Waals surface area contributed by atoms with Gasteiger partial charge in [0.25, 0.3) is 5.92 Å². The van der Waals surface area contributed by atoms with Crippen molar-refractivity contribution in [3.8, 4) is 5.75 Å². The second kappa shape index (κ2) is 13.1. The summed E-state index contributed by atoms with van der Waals surface area (Å²) in [6, 6.07) is 9.10. The summed E-state index contributed by atoms with van der Waals surface area (Å²) in [5.74, 6) is -6.41. The predicted octanol–water partition coefficient (Wildman–Crippen LogP) is 6.38. The molecule has 0 amide bonds. The zero-order valence-electron chi connectivity index (χ0n) is 23.9. The quantitative estimate of drug-likeness (QED) is 0.201. The van der Waals surface area contributed by atoms with E-state index in [4.69, 9.17) is 14.6 Å². The number of carbonyl (C=O) groups is 1. The van der Waals surface area contributed by atoms with Crippen LogP contribution < -0.4 is 4.74 Å². The van der Waals surface area contributed by atoms with Crippen molar-refractivity contribution in [3.63, 3.8) is 0 Å². The molecule has 0 radical (unpaired) electrons. The van der Waals surface area contributed by atoms with Crippen LogP contribution in [0.25, 0.3) is 5.57 Å². The van der Waals surface area contributed by atoms with Crippen molar-refractivity contribution in [2.24, 2.45) is 0 Å². The monoisotopic (exact) mass is 597 g/mol. The number of carboxylic acid groups (broad SMARTS) is 1. The average Bonchev–Trinajstić information content (AvgIpc) is 3.24. The zero-order valence-corrected chi connectivity index (χ0v) is 23.9. The fourth-order valence-corrected chi connectivity index (χ4v) is 5.65. The summed E-state index contributed by atoms with van der Waals surface area (Å²) in [6.45, 7) is 1.76. The SMILES string of the molecule is C[C@@H]1CC2=C(Cc3ccccc32)[C@@H](c2c(F)cc(OCCCOCC(F)(F)COCC(=O)O)cc2F)N1CC(C)(C)F. The molecular weight excluding hydrogens is 561 g/mol. The first-order valence-corrected chi connectivity index (χ1v) is 13.9. The molecule has 0 saturated carbocycles. The summed E-state index contributed by atoms with van der Waals surface area (Å²) in [6.07, 6.45) is 1.33. The lowest BCUT2D eigenvalue weighted by Crippen LogP contribution is -2.47. The highest BCUT2D eigenvalue weighted by Crippen LogP contribution is 2.50. The molecule has 2 atom stereocenters. The summed E-state index contributed by atoms with van der Waals surface area (Å²) >= 11 is 0. The lowest BCUT2D eigenvalue weighted by atomic mass is 9.84. The Morgan fingerprint density at radius 2 is 1.71 bits per heavy atom. The molecule has 1 aliphatic heterocycles. The van der Waals surface area contributed by atoms with Gasteiger partial charge in [-0.1, -0.05) is 24.3 Å². The van der Waals surface area contributed by atoms with Gasteiger partial charge in [0.05, 0.1) is 19.3 Å². The normalized spacial score (nSPS) is 19.1. The van der Waals surface area contributed by atoms with Crippen molar-refractivity contribution < 1.29 is 46.1 Å². The number of benzene rings is 2. The third kappa shape index (κ3) is 7.87. The van der Waals surface area contributed by atoms with Crippen molar-refractivity contribution in [1.29, 1.82) is 0 Å². The number of nitrogens with zero attached hydrogens (tertiary/aromatic N) is 1. The molecule has 0 aromatic heterocycles. The third-order valence-electron chi connectivity index (χ3n) is 7.28. The van der Waals surface area contributed by atoms with Crippen LogP contribution in [-0.2, 0) is 20.7 Å². The Bertz CT molecular complexity index is 1290. The van der Waals surface area contributed by atoms with Crippen LogP contribution in [0.5, 0.6) is 5.75 Å². The minimum absolute atomic E-state index is 0.00613. The van der Waals surface area contributed by atoms with Crippen LogP contribution in [0.3, 0.4) is 0 Å². The van der Waals surface area contributed by atoms with Gasteiger partial charge < -0.3 is 19.3 Å². The first-order valence-electron chi connectivity index (χ1n) is 13.9. The van der Waals surface area contributed by atoms with Crippen LogP contribution in [0, 0.1) is 11.6 Å². The molecule has 11 heteroatoms. The summed E-state index contributed by atoms with van der Waals surface area (Å²) in [5, 5.41) is 8.45. The molecule has 4 rings (SSSR count). The van der Waals surface area contributed by atoms with E-state index in [2.05, 4.69) is 4.74 Å². The number of fused-ring (bicyclic) bond motifs is 2. The first kappa shape index (κ1) is 31.9. The van der Waals surface area contributed by atoms with Gasteiger partial charge in [-0.15, -0.1) is 0 Å². The number of halogens is 5. The second-order valence-corrected chi connectivity index (χ2v) is 11.5. The smallest absolute Gasteiger partial charge is 0.329 e. The maximum Gasteiger partial charge on any atom is 0.329 e. The molecule has 0 unspecified atom stereocenters. The van der Waals surface area contributed by atoms with E-state index in [1.165, 1.54) is 13.8 Å². The Labute approximate surface area is 242 Å². The van der Waals surface area contributed by atoms with Crippen LogP contribution in [-0.4, -0.2) is 73.2 Å². The minimum atomic E-state index is -3.36. The van der Waals surface area contributed by atoms with Crippen LogP contribution in [0.1, 0.15) is 56.3 Å². The molecule has 0 fully saturated rings. The Balaban J connectivity index is 1.44. The summed E-state index contributed by atoms with van der Waals surface area (Å²) in [5.41, 5.74) is 2.31. The van der Waals surface area contributed by atoms with Gasteiger partial charge >= 0.3 is 5.97 Å². The Morgan fingerprint density at radius 1 is 1.05 bits per heavy atom. The lowest BCUT2D eigenvalue weighted by molar-refractivity contribution is -0.152. The summed E-state index contributed by atoms with van der Waals surface area (Å²) in [7, 11) is 0.